The molecule has 0 radical (unpaired) electrons. The van der Waals surface area contributed by atoms with Crippen molar-refractivity contribution >= 4 is 5.69 Å². The number of piperazine rings is 1. The number of aromatic nitrogens is 2. The zero-order chi connectivity index (χ0) is 22.6. The fraction of sp³-hybridized carbons (Fsp3) is 0.444. The highest BCUT2D eigenvalue weighted by atomic mass is 16.5. The second-order valence-corrected chi connectivity index (χ2v) is 9.60. The van der Waals surface area contributed by atoms with Crippen LogP contribution in [0.3, 0.4) is 0 Å². The zero-order valence-corrected chi connectivity index (χ0v) is 19.9. The molecule has 0 amide bonds. The molecule has 2 heterocycles. The molecule has 1 aromatic heterocycles. The maximum atomic E-state index is 5.32. The Bertz CT molecular complexity index is 981. The third-order valence-corrected chi connectivity index (χ3v) is 6.18. The van der Waals surface area contributed by atoms with E-state index in [2.05, 4.69) is 83.8 Å². The van der Waals surface area contributed by atoms with Crippen LogP contribution >= 0.6 is 0 Å². The van der Waals surface area contributed by atoms with E-state index in [1.807, 2.05) is 12.1 Å². The average molecular weight is 433 g/mol. The zero-order valence-electron chi connectivity index (χ0n) is 19.9. The summed E-state index contributed by atoms with van der Waals surface area (Å²) in [5, 5.41) is 4.99. The van der Waals surface area contributed by atoms with Crippen LogP contribution in [0.1, 0.15) is 32.9 Å². The third kappa shape index (κ3) is 5.33. The Balaban J connectivity index is 1.35. The largest absolute Gasteiger partial charge is 0.497 e. The number of ether oxygens (including phenoxy) is 1. The van der Waals surface area contributed by atoms with Crippen LogP contribution in [0.15, 0.2) is 60.7 Å². The quantitative estimate of drug-likeness (QED) is 0.522. The van der Waals surface area contributed by atoms with E-state index in [9.17, 15) is 0 Å². The highest BCUT2D eigenvalue weighted by molar-refractivity contribution is 5.61. The van der Waals surface area contributed by atoms with Crippen molar-refractivity contribution < 1.29 is 4.74 Å². The van der Waals surface area contributed by atoms with E-state index in [1.54, 1.807) is 7.11 Å². The van der Waals surface area contributed by atoms with Crippen molar-refractivity contribution in [1.82, 2.24) is 14.7 Å². The van der Waals surface area contributed by atoms with Gasteiger partial charge in [-0.05, 0) is 82.6 Å². The van der Waals surface area contributed by atoms with Crippen LogP contribution in [0.4, 0.5) is 5.69 Å². The minimum Gasteiger partial charge on any atom is -0.497 e. The number of para-hydroxylation sites is 1. The summed E-state index contributed by atoms with van der Waals surface area (Å²) in [4.78, 5) is 5.08. The van der Waals surface area contributed by atoms with Crippen LogP contribution in [0.25, 0.3) is 11.3 Å². The molecule has 2 aromatic carbocycles. The number of rotatable bonds is 7. The second kappa shape index (κ2) is 9.78. The molecule has 4 rings (SSSR count). The lowest BCUT2D eigenvalue weighted by Crippen LogP contribution is -2.46. The number of hydrogen-bond acceptors (Lipinski definition) is 4. The standard InChI is InChI=1S/C27H36N4O/c1-27(2,3)31-26(22-12-14-25(32-4)15-13-22)21-23(28-31)9-8-16-29-17-19-30(20-18-29)24-10-6-5-7-11-24/h5-7,10-15,21H,8-9,16-20H2,1-4H3. The van der Waals surface area contributed by atoms with E-state index < -0.39 is 0 Å². The maximum Gasteiger partial charge on any atom is 0.118 e. The first-order chi connectivity index (χ1) is 15.4. The van der Waals surface area contributed by atoms with Crippen LogP contribution in [0.5, 0.6) is 5.75 Å². The lowest BCUT2D eigenvalue weighted by Gasteiger charge is -2.36. The van der Waals surface area contributed by atoms with Crippen molar-refractivity contribution in [2.45, 2.75) is 39.2 Å². The van der Waals surface area contributed by atoms with E-state index in [-0.39, 0.29) is 5.54 Å². The van der Waals surface area contributed by atoms with E-state index in [0.29, 0.717) is 0 Å². The average Bonchev–Trinajstić information content (AvgIpc) is 3.25. The molecule has 1 aliphatic rings. The van der Waals surface area contributed by atoms with Crippen molar-refractivity contribution in [2.24, 2.45) is 0 Å². The Kier molecular flexibility index (Phi) is 6.85. The van der Waals surface area contributed by atoms with Gasteiger partial charge in [-0.3, -0.25) is 9.58 Å². The highest BCUT2D eigenvalue weighted by Crippen LogP contribution is 2.28. The first kappa shape index (κ1) is 22.4. The van der Waals surface area contributed by atoms with E-state index in [4.69, 9.17) is 9.84 Å². The SMILES string of the molecule is COc1ccc(-c2cc(CCCN3CCN(c4ccccc4)CC3)nn2C(C)(C)C)cc1. The summed E-state index contributed by atoms with van der Waals surface area (Å²) in [6.07, 6.45) is 2.14. The number of anilines is 1. The summed E-state index contributed by atoms with van der Waals surface area (Å²) < 4.78 is 7.49. The van der Waals surface area contributed by atoms with Gasteiger partial charge in [0.1, 0.15) is 5.75 Å². The Morgan fingerprint density at radius 2 is 1.59 bits per heavy atom. The third-order valence-electron chi connectivity index (χ3n) is 6.18. The van der Waals surface area contributed by atoms with Gasteiger partial charge in [0.15, 0.2) is 0 Å². The molecule has 1 fully saturated rings. The van der Waals surface area contributed by atoms with Crippen LogP contribution in [-0.4, -0.2) is 54.5 Å². The summed E-state index contributed by atoms with van der Waals surface area (Å²) in [6, 6.07) is 21.3. The van der Waals surface area contributed by atoms with Gasteiger partial charge >= 0.3 is 0 Å². The van der Waals surface area contributed by atoms with Gasteiger partial charge in [0.25, 0.3) is 0 Å². The van der Waals surface area contributed by atoms with Gasteiger partial charge in [0, 0.05) is 37.4 Å². The summed E-state index contributed by atoms with van der Waals surface area (Å²) in [6.45, 7) is 12.2. The van der Waals surface area contributed by atoms with Gasteiger partial charge in [-0.2, -0.15) is 5.10 Å². The van der Waals surface area contributed by atoms with Crippen molar-refractivity contribution in [1.29, 1.82) is 0 Å². The molecule has 0 N–H and O–H groups in total. The smallest absolute Gasteiger partial charge is 0.118 e. The number of aryl methyl sites for hydroxylation is 1. The van der Waals surface area contributed by atoms with Crippen molar-refractivity contribution in [2.75, 3.05) is 44.7 Å². The van der Waals surface area contributed by atoms with Gasteiger partial charge in [-0.15, -0.1) is 0 Å². The van der Waals surface area contributed by atoms with E-state index >= 15 is 0 Å². The maximum absolute atomic E-state index is 5.32. The Labute approximate surface area is 192 Å². The first-order valence-electron chi connectivity index (χ1n) is 11.7. The fourth-order valence-corrected chi connectivity index (χ4v) is 4.38. The molecular weight excluding hydrogens is 396 g/mol. The fourth-order valence-electron chi connectivity index (χ4n) is 4.38. The molecule has 0 unspecified atom stereocenters. The molecule has 3 aromatic rings. The topological polar surface area (TPSA) is 33.5 Å². The predicted molar refractivity (Wildman–Crippen MR) is 133 cm³/mol. The normalized spacial score (nSPS) is 15.2. The Hall–Kier alpha value is -2.79. The number of methoxy groups -OCH3 is 1. The highest BCUT2D eigenvalue weighted by Gasteiger charge is 2.21. The lowest BCUT2D eigenvalue weighted by molar-refractivity contribution is 0.254. The molecule has 0 spiro atoms. The monoisotopic (exact) mass is 432 g/mol. The molecule has 5 nitrogen and oxygen atoms in total. The summed E-state index contributed by atoms with van der Waals surface area (Å²) in [5.74, 6) is 0.878. The number of benzene rings is 2. The van der Waals surface area contributed by atoms with Crippen molar-refractivity contribution in [3.63, 3.8) is 0 Å². The lowest BCUT2D eigenvalue weighted by atomic mass is 10.1. The van der Waals surface area contributed by atoms with Gasteiger partial charge in [0.2, 0.25) is 0 Å². The van der Waals surface area contributed by atoms with Gasteiger partial charge in [-0.1, -0.05) is 18.2 Å². The summed E-state index contributed by atoms with van der Waals surface area (Å²) in [5.41, 5.74) is 4.80. The Morgan fingerprint density at radius 3 is 2.22 bits per heavy atom. The summed E-state index contributed by atoms with van der Waals surface area (Å²) >= 11 is 0. The molecule has 170 valence electrons. The van der Waals surface area contributed by atoms with Crippen LogP contribution < -0.4 is 9.64 Å². The van der Waals surface area contributed by atoms with Crippen LogP contribution in [0.2, 0.25) is 0 Å². The van der Waals surface area contributed by atoms with Gasteiger partial charge in [0.05, 0.1) is 24.0 Å². The molecule has 0 atom stereocenters. The van der Waals surface area contributed by atoms with Crippen LogP contribution in [-0.2, 0) is 12.0 Å². The molecule has 1 saturated heterocycles. The first-order valence-corrected chi connectivity index (χ1v) is 11.7. The molecular formula is C27H36N4O. The molecule has 0 aliphatic carbocycles. The minimum absolute atomic E-state index is 0.0682. The van der Waals surface area contributed by atoms with E-state index in [1.165, 1.54) is 22.6 Å². The molecule has 0 bridgehead atoms. The molecule has 5 heteroatoms. The second-order valence-electron chi connectivity index (χ2n) is 9.60. The summed E-state index contributed by atoms with van der Waals surface area (Å²) in [7, 11) is 1.70. The van der Waals surface area contributed by atoms with Crippen molar-refractivity contribution in [3.8, 4) is 17.0 Å². The predicted octanol–water partition coefficient (Wildman–Crippen LogP) is 5.07. The Morgan fingerprint density at radius 1 is 0.906 bits per heavy atom. The van der Waals surface area contributed by atoms with Gasteiger partial charge < -0.3 is 9.64 Å². The molecule has 0 saturated carbocycles. The number of nitrogens with zero attached hydrogens (tertiary/aromatic N) is 4. The minimum atomic E-state index is -0.0682. The van der Waals surface area contributed by atoms with Crippen LogP contribution in [0, 0.1) is 0 Å². The molecule has 32 heavy (non-hydrogen) atoms. The van der Waals surface area contributed by atoms with Gasteiger partial charge in [-0.25, -0.2) is 0 Å². The van der Waals surface area contributed by atoms with E-state index in [0.717, 1.165) is 51.3 Å². The number of hydrogen-bond donors (Lipinski definition) is 0. The van der Waals surface area contributed by atoms with Crippen molar-refractivity contribution in [3.05, 3.63) is 66.4 Å². The molecule has 1 aliphatic heterocycles.